The molecule has 0 unspecified atom stereocenters. The van der Waals surface area contributed by atoms with Gasteiger partial charge in [-0.2, -0.15) is 0 Å². The standard InChI is InChI=1S/C6H4ClFN2O2/c1-12-6(11)5-9-2-3(8)4(7)10-5/h2H,1H3. The third kappa shape index (κ3) is 1.68. The van der Waals surface area contributed by atoms with Gasteiger partial charge in [0.05, 0.1) is 13.3 Å². The Morgan fingerprint density at radius 3 is 2.92 bits per heavy atom. The Morgan fingerprint density at radius 1 is 1.75 bits per heavy atom. The minimum absolute atomic E-state index is 0.260. The predicted molar refractivity (Wildman–Crippen MR) is 38.3 cm³/mol. The Balaban J connectivity index is 3.05. The van der Waals surface area contributed by atoms with Gasteiger partial charge in [0, 0.05) is 0 Å². The Bertz CT molecular complexity index is 318. The number of hydrogen-bond donors (Lipinski definition) is 0. The van der Waals surface area contributed by atoms with Crippen molar-refractivity contribution in [2.24, 2.45) is 0 Å². The van der Waals surface area contributed by atoms with Gasteiger partial charge < -0.3 is 4.74 Å². The summed E-state index contributed by atoms with van der Waals surface area (Å²) in [5.74, 6) is -1.79. The number of esters is 1. The minimum atomic E-state index is -0.774. The van der Waals surface area contributed by atoms with Crippen LogP contribution in [-0.2, 0) is 4.74 Å². The maximum atomic E-state index is 12.5. The molecule has 0 aliphatic rings. The van der Waals surface area contributed by atoms with Gasteiger partial charge in [-0.3, -0.25) is 0 Å². The van der Waals surface area contributed by atoms with E-state index in [1.165, 1.54) is 7.11 Å². The van der Waals surface area contributed by atoms with Gasteiger partial charge in [-0.1, -0.05) is 11.6 Å². The normalized spacial score (nSPS) is 9.58. The van der Waals surface area contributed by atoms with Crippen LogP contribution in [0, 0.1) is 5.82 Å². The van der Waals surface area contributed by atoms with Crippen molar-refractivity contribution < 1.29 is 13.9 Å². The molecule has 0 saturated heterocycles. The lowest BCUT2D eigenvalue weighted by Gasteiger charge is -1.97. The first-order valence-electron chi connectivity index (χ1n) is 2.91. The number of carbonyl (C=O) groups excluding carboxylic acids is 1. The van der Waals surface area contributed by atoms with E-state index in [2.05, 4.69) is 14.7 Å². The molecule has 0 N–H and O–H groups in total. The summed E-state index contributed by atoms with van der Waals surface area (Å²) >= 11 is 5.28. The van der Waals surface area contributed by atoms with Crippen molar-refractivity contribution in [3.8, 4) is 0 Å². The molecule has 1 rings (SSSR count). The molecule has 0 aliphatic heterocycles. The van der Waals surface area contributed by atoms with Crippen LogP contribution in [0.3, 0.4) is 0 Å². The smallest absolute Gasteiger partial charge is 0.376 e. The van der Waals surface area contributed by atoms with Gasteiger partial charge in [-0.25, -0.2) is 19.2 Å². The molecule has 12 heavy (non-hydrogen) atoms. The molecular weight excluding hydrogens is 187 g/mol. The lowest BCUT2D eigenvalue weighted by molar-refractivity contribution is 0.0586. The predicted octanol–water partition coefficient (Wildman–Crippen LogP) is 1.06. The first-order valence-corrected chi connectivity index (χ1v) is 3.29. The summed E-state index contributed by atoms with van der Waals surface area (Å²) in [6.07, 6.45) is 0.807. The summed E-state index contributed by atoms with van der Waals surface area (Å²) in [6.45, 7) is 0. The van der Waals surface area contributed by atoms with Crippen molar-refractivity contribution in [1.29, 1.82) is 0 Å². The van der Waals surface area contributed by atoms with E-state index in [4.69, 9.17) is 11.6 Å². The van der Waals surface area contributed by atoms with Crippen LogP contribution in [0.4, 0.5) is 4.39 Å². The molecule has 0 atom stereocenters. The van der Waals surface area contributed by atoms with Gasteiger partial charge in [0.1, 0.15) is 0 Å². The highest BCUT2D eigenvalue weighted by molar-refractivity contribution is 6.29. The first-order chi connectivity index (χ1) is 5.65. The maximum absolute atomic E-state index is 12.5. The molecule has 4 nitrogen and oxygen atoms in total. The van der Waals surface area contributed by atoms with E-state index in [9.17, 15) is 9.18 Å². The van der Waals surface area contributed by atoms with Crippen molar-refractivity contribution >= 4 is 17.6 Å². The van der Waals surface area contributed by atoms with Crippen LogP contribution in [0.25, 0.3) is 0 Å². The molecular formula is C6H4ClFN2O2. The van der Waals surface area contributed by atoms with Gasteiger partial charge >= 0.3 is 5.97 Å². The lowest BCUT2D eigenvalue weighted by atomic mass is 10.5. The number of methoxy groups -OCH3 is 1. The van der Waals surface area contributed by atoms with E-state index in [1.54, 1.807) is 0 Å². The number of ether oxygens (including phenoxy) is 1. The van der Waals surface area contributed by atoms with Crippen LogP contribution < -0.4 is 0 Å². The molecule has 64 valence electrons. The third-order valence-electron chi connectivity index (χ3n) is 1.07. The van der Waals surface area contributed by atoms with Crippen LogP contribution >= 0.6 is 11.6 Å². The summed E-state index contributed by atoms with van der Waals surface area (Å²) in [4.78, 5) is 17.5. The van der Waals surface area contributed by atoms with Gasteiger partial charge in [-0.15, -0.1) is 0 Å². The molecule has 0 amide bonds. The highest BCUT2D eigenvalue weighted by atomic mass is 35.5. The maximum Gasteiger partial charge on any atom is 0.376 e. The first kappa shape index (κ1) is 8.86. The second-order valence-corrected chi connectivity index (χ2v) is 2.18. The minimum Gasteiger partial charge on any atom is -0.463 e. The van der Waals surface area contributed by atoms with Crippen molar-refractivity contribution in [3.63, 3.8) is 0 Å². The van der Waals surface area contributed by atoms with Crippen LogP contribution in [0.2, 0.25) is 5.15 Å². The third-order valence-corrected chi connectivity index (χ3v) is 1.33. The van der Waals surface area contributed by atoms with E-state index < -0.39 is 16.9 Å². The fourth-order valence-corrected chi connectivity index (χ4v) is 0.665. The quantitative estimate of drug-likeness (QED) is 0.491. The van der Waals surface area contributed by atoms with Gasteiger partial charge in [-0.05, 0) is 0 Å². The summed E-state index contributed by atoms with van der Waals surface area (Å²) in [7, 11) is 1.17. The van der Waals surface area contributed by atoms with Crippen LogP contribution in [-0.4, -0.2) is 23.0 Å². The van der Waals surface area contributed by atoms with E-state index in [0.29, 0.717) is 0 Å². The molecule has 0 radical (unpaired) electrons. The molecule has 0 aliphatic carbocycles. The molecule has 1 aromatic rings. The van der Waals surface area contributed by atoms with Crippen LogP contribution in [0.15, 0.2) is 6.20 Å². The zero-order valence-electron chi connectivity index (χ0n) is 6.04. The fraction of sp³-hybridized carbons (Fsp3) is 0.167. The van der Waals surface area contributed by atoms with Crippen molar-refractivity contribution in [2.45, 2.75) is 0 Å². The summed E-state index contributed by atoms with van der Waals surface area (Å²) in [6, 6.07) is 0. The summed E-state index contributed by atoms with van der Waals surface area (Å²) in [5, 5.41) is -0.398. The fourth-order valence-electron chi connectivity index (χ4n) is 0.536. The van der Waals surface area contributed by atoms with Crippen LogP contribution in [0.1, 0.15) is 10.6 Å². The highest BCUT2D eigenvalue weighted by Crippen LogP contribution is 2.09. The molecule has 0 aromatic carbocycles. The monoisotopic (exact) mass is 190 g/mol. The summed E-state index contributed by atoms with van der Waals surface area (Å²) < 4.78 is 16.7. The number of nitrogens with zero attached hydrogens (tertiary/aromatic N) is 2. The molecule has 6 heteroatoms. The Kier molecular flexibility index (Phi) is 2.54. The summed E-state index contributed by atoms with van der Waals surface area (Å²) in [5.41, 5.74) is 0. The van der Waals surface area contributed by atoms with Gasteiger partial charge in [0.2, 0.25) is 5.82 Å². The van der Waals surface area contributed by atoms with E-state index in [1.807, 2.05) is 0 Å². The van der Waals surface area contributed by atoms with Gasteiger partial charge in [0.25, 0.3) is 0 Å². The topological polar surface area (TPSA) is 52.1 Å². The van der Waals surface area contributed by atoms with E-state index in [0.717, 1.165) is 6.20 Å². The average Bonchev–Trinajstić information content (AvgIpc) is 2.08. The Labute approximate surface area is 72.3 Å². The molecule has 0 fully saturated rings. The SMILES string of the molecule is COC(=O)c1ncc(F)c(Cl)n1. The van der Waals surface area contributed by atoms with E-state index in [-0.39, 0.29) is 5.82 Å². The zero-order valence-corrected chi connectivity index (χ0v) is 6.80. The molecule has 0 spiro atoms. The van der Waals surface area contributed by atoms with Crippen molar-refractivity contribution in [1.82, 2.24) is 9.97 Å². The largest absolute Gasteiger partial charge is 0.463 e. The average molecular weight is 191 g/mol. The lowest BCUT2D eigenvalue weighted by Crippen LogP contribution is -2.07. The Morgan fingerprint density at radius 2 is 2.42 bits per heavy atom. The number of hydrogen-bond acceptors (Lipinski definition) is 4. The Hall–Kier alpha value is -1.23. The number of rotatable bonds is 1. The molecule has 1 aromatic heterocycles. The highest BCUT2D eigenvalue weighted by Gasteiger charge is 2.11. The number of halogens is 2. The number of carbonyl (C=O) groups is 1. The zero-order chi connectivity index (χ0) is 9.14. The molecule has 0 saturated carbocycles. The molecule has 1 heterocycles. The van der Waals surface area contributed by atoms with Crippen LogP contribution in [0.5, 0.6) is 0 Å². The molecule has 0 bridgehead atoms. The second kappa shape index (κ2) is 3.44. The number of aromatic nitrogens is 2. The second-order valence-electron chi connectivity index (χ2n) is 1.82. The van der Waals surface area contributed by atoms with Crippen molar-refractivity contribution in [3.05, 3.63) is 23.0 Å². The van der Waals surface area contributed by atoms with Gasteiger partial charge in [0.15, 0.2) is 11.0 Å². The van der Waals surface area contributed by atoms with Crippen molar-refractivity contribution in [2.75, 3.05) is 7.11 Å². The van der Waals surface area contributed by atoms with E-state index >= 15 is 0 Å².